The topological polar surface area (TPSA) is 36.9 Å². The van der Waals surface area contributed by atoms with Crippen LogP contribution in [0.25, 0.3) is 0 Å². The second kappa shape index (κ2) is 27.9. The summed E-state index contributed by atoms with van der Waals surface area (Å²) in [5, 5.41) is 0. The fraction of sp³-hybridized carbons (Fsp3) is 0.561. The Morgan fingerprint density at radius 2 is 0.787 bits per heavy atom. The molecule has 3 rings (SSSR count). The molecule has 0 aliphatic carbocycles. The Morgan fingerprint density at radius 3 is 1.23 bits per heavy atom. The van der Waals surface area contributed by atoms with Crippen molar-refractivity contribution in [3.8, 4) is 11.5 Å². The molecule has 0 N–H and O–H groups in total. The Bertz CT molecular complexity index is 1090. The van der Waals surface area contributed by atoms with Gasteiger partial charge in [-0.05, 0) is 48.2 Å². The number of hydrogen-bond donors (Lipinski definition) is 0. The van der Waals surface area contributed by atoms with Gasteiger partial charge in [0.05, 0.1) is 13.2 Å². The first-order valence-electron chi connectivity index (χ1n) is 18.4. The molecule has 0 fully saturated rings. The van der Waals surface area contributed by atoms with Crippen molar-refractivity contribution in [3.63, 3.8) is 0 Å². The molecule has 2 unspecified atom stereocenters. The lowest BCUT2D eigenvalue weighted by molar-refractivity contribution is 0.316. The van der Waals surface area contributed by atoms with Gasteiger partial charge in [0.25, 0.3) is 0 Å². The Labute approximate surface area is 292 Å². The third-order valence-corrected chi connectivity index (χ3v) is 9.73. The minimum atomic E-state index is -0.0187. The standard InChI is InChI=1S/C25H37O2P.C16H27O2P/c1-4-5-6-7-8-9-10-14-21-26-28-27-24-19-17-23(18-20-24)25(2,3)22-15-12-11-13-16-22;1-2-3-4-5-6-7-8-12-15-17-19-18-16-13-10-9-11-14-16/h11-13,15-20,28H,4-10,14,21H2,1-3H3;9-11,13-14,19H,2-8,12,15H2,1H3. The molecule has 262 valence electrons. The van der Waals surface area contributed by atoms with E-state index in [-0.39, 0.29) is 23.5 Å². The molecule has 3 aromatic rings. The smallest absolute Gasteiger partial charge is 0.215 e. The predicted octanol–water partition coefficient (Wildman–Crippen LogP) is 13.8. The molecule has 0 radical (unpaired) electrons. The molecular weight excluding hydrogens is 618 g/mol. The highest BCUT2D eigenvalue weighted by Gasteiger charge is 2.22. The van der Waals surface area contributed by atoms with E-state index >= 15 is 0 Å². The van der Waals surface area contributed by atoms with Gasteiger partial charge in [-0.15, -0.1) is 0 Å². The van der Waals surface area contributed by atoms with Gasteiger partial charge in [0.1, 0.15) is 11.5 Å². The van der Waals surface area contributed by atoms with E-state index < -0.39 is 0 Å². The SMILES string of the molecule is CCCCCCCCCCOPOc1ccc(C(C)(C)c2ccccc2)cc1.CCCCCCCCCCOPOc1ccccc1. The summed E-state index contributed by atoms with van der Waals surface area (Å²) in [7, 11) is 0.200. The van der Waals surface area contributed by atoms with Gasteiger partial charge in [0.15, 0.2) is 0 Å². The fourth-order valence-electron chi connectivity index (χ4n) is 5.30. The van der Waals surface area contributed by atoms with Crippen molar-refractivity contribution in [1.29, 1.82) is 0 Å². The summed E-state index contributed by atoms with van der Waals surface area (Å²) in [6.07, 6.45) is 21.2. The molecule has 0 amide bonds. The number of unbranched alkanes of at least 4 members (excludes halogenated alkanes) is 14. The fourth-order valence-corrected chi connectivity index (χ4v) is 6.34. The molecular formula is C41H64O4P2. The van der Waals surface area contributed by atoms with Crippen molar-refractivity contribution < 1.29 is 18.1 Å². The lowest BCUT2D eigenvalue weighted by Crippen LogP contribution is -2.18. The first kappa shape index (κ1) is 41.2. The van der Waals surface area contributed by atoms with Crippen LogP contribution in [0.2, 0.25) is 0 Å². The van der Waals surface area contributed by atoms with E-state index in [1.54, 1.807) is 0 Å². The summed E-state index contributed by atoms with van der Waals surface area (Å²) in [6, 6.07) is 28.9. The summed E-state index contributed by atoms with van der Waals surface area (Å²) >= 11 is 0. The average Bonchev–Trinajstić information content (AvgIpc) is 3.11. The molecule has 47 heavy (non-hydrogen) atoms. The van der Waals surface area contributed by atoms with E-state index in [1.165, 1.54) is 101 Å². The van der Waals surface area contributed by atoms with Crippen LogP contribution in [0.15, 0.2) is 84.9 Å². The maximum atomic E-state index is 5.76. The maximum Gasteiger partial charge on any atom is 0.215 e. The van der Waals surface area contributed by atoms with Crippen molar-refractivity contribution in [2.45, 2.75) is 136 Å². The Hall–Kier alpha value is -1.96. The third-order valence-electron chi connectivity index (χ3n) is 8.45. The molecule has 4 nitrogen and oxygen atoms in total. The summed E-state index contributed by atoms with van der Waals surface area (Å²) in [6.45, 7) is 10.7. The molecule has 0 heterocycles. The van der Waals surface area contributed by atoms with Crippen LogP contribution in [-0.4, -0.2) is 13.2 Å². The number of rotatable bonds is 26. The molecule has 0 aliphatic heterocycles. The molecule has 6 heteroatoms. The van der Waals surface area contributed by atoms with Crippen LogP contribution in [0.3, 0.4) is 0 Å². The average molecular weight is 683 g/mol. The van der Waals surface area contributed by atoms with Crippen molar-refractivity contribution in [1.82, 2.24) is 0 Å². The molecule has 3 aromatic carbocycles. The van der Waals surface area contributed by atoms with Gasteiger partial charge in [-0.1, -0.05) is 178 Å². The first-order chi connectivity index (χ1) is 23.1. The maximum absolute atomic E-state index is 5.76. The number of hydrogen-bond acceptors (Lipinski definition) is 4. The lowest BCUT2D eigenvalue weighted by atomic mass is 9.78. The zero-order valence-corrected chi connectivity index (χ0v) is 31.9. The highest BCUT2D eigenvalue weighted by molar-refractivity contribution is 7.26. The van der Waals surface area contributed by atoms with Crippen LogP contribution < -0.4 is 9.05 Å². The largest absolute Gasteiger partial charge is 0.450 e. The van der Waals surface area contributed by atoms with Crippen molar-refractivity contribution >= 4 is 18.1 Å². The highest BCUT2D eigenvalue weighted by Crippen LogP contribution is 2.33. The van der Waals surface area contributed by atoms with Gasteiger partial charge in [-0.2, -0.15) is 0 Å². The minimum absolute atomic E-state index is 0.0187. The molecule has 0 aromatic heterocycles. The van der Waals surface area contributed by atoms with Crippen LogP contribution in [0.4, 0.5) is 0 Å². The van der Waals surface area contributed by atoms with Crippen LogP contribution in [0.5, 0.6) is 11.5 Å². The molecule has 0 saturated heterocycles. The van der Waals surface area contributed by atoms with Crippen molar-refractivity contribution in [2.75, 3.05) is 13.2 Å². The monoisotopic (exact) mass is 682 g/mol. The van der Waals surface area contributed by atoms with Gasteiger partial charge in [0, 0.05) is 5.41 Å². The van der Waals surface area contributed by atoms with E-state index in [9.17, 15) is 0 Å². The van der Waals surface area contributed by atoms with Crippen LogP contribution in [0.1, 0.15) is 142 Å². The predicted molar refractivity (Wildman–Crippen MR) is 206 cm³/mol. The number of benzene rings is 3. The second-order valence-corrected chi connectivity index (χ2v) is 14.2. The van der Waals surface area contributed by atoms with Gasteiger partial charge in [-0.3, -0.25) is 0 Å². The van der Waals surface area contributed by atoms with E-state index in [0.717, 1.165) is 37.6 Å². The van der Waals surface area contributed by atoms with Crippen LogP contribution in [0, 0.1) is 0 Å². The molecule has 0 aliphatic rings. The molecule has 0 saturated carbocycles. The van der Waals surface area contributed by atoms with Crippen LogP contribution >= 0.6 is 18.1 Å². The van der Waals surface area contributed by atoms with Crippen LogP contribution in [-0.2, 0) is 14.5 Å². The van der Waals surface area contributed by atoms with Gasteiger partial charge in [-0.25, -0.2) is 0 Å². The van der Waals surface area contributed by atoms with Gasteiger partial charge in [0.2, 0.25) is 18.1 Å². The summed E-state index contributed by atoms with van der Waals surface area (Å²) in [4.78, 5) is 0. The zero-order chi connectivity index (χ0) is 33.7. The van der Waals surface area contributed by atoms with Crippen molar-refractivity contribution in [3.05, 3.63) is 96.1 Å². The molecule has 0 bridgehead atoms. The second-order valence-electron chi connectivity index (χ2n) is 12.8. The van der Waals surface area contributed by atoms with Crippen molar-refractivity contribution in [2.24, 2.45) is 0 Å². The normalized spacial score (nSPS) is 11.7. The quantitative estimate of drug-likeness (QED) is 0.0624. The van der Waals surface area contributed by atoms with E-state index in [0.29, 0.717) is 0 Å². The summed E-state index contributed by atoms with van der Waals surface area (Å²) in [5.41, 5.74) is 2.59. The van der Waals surface area contributed by atoms with Gasteiger partial charge < -0.3 is 18.1 Å². The van der Waals surface area contributed by atoms with Gasteiger partial charge >= 0.3 is 0 Å². The Kier molecular flexibility index (Phi) is 24.5. The highest BCUT2D eigenvalue weighted by atomic mass is 31.1. The summed E-state index contributed by atoms with van der Waals surface area (Å²) < 4.78 is 22.4. The summed E-state index contributed by atoms with van der Waals surface area (Å²) in [5.74, 6) is 1.76. The molecule has 0 spiro atoms. The lowest BCUT2D eigenvalue weighted by Gasteiger charge is -2.26. The van der Waals surface area contributed by atoms with E-state index in [4.69, 9.17) is 18.1 Å². The number of para-hydroxylation sites is 1. The molecule has 2 atom stereocenters. The van der Waals surface area contributed by atoms with E-state index in [1.807, 2.05) is 42.5 Å². The third kappa shape index (κ3) is 20.2. The zero-order valence-electron chi connectivity index (χ0n) is 29.9. The first-order valence-corrected chi connectivity index (χ1v) is 20.0. The minimum Gasteiger partial charge on any atom is -0.450 e. The van der Waals surface area contributed by atoms with E-state index in [2.05, 4.69) is 70.2 Å². The Morgan fingerprint density at radius 1 is 0.426 bits per heavy atom. The Balaban J connectivity index is 0.000000353.